The fourth-order valence-electron chi connectivity index (χ4n) is 2.63. The lowest BCUT2D eigenvalue weighted by Crippen LogP contribution is -2.49. The Bertz CT molecular complexity index is 1040. The van der Waals surface area contributed by atoms with Gasteiger partial charge in [0, 0.05) is 11.6 Å². The van der Waals surface area contributed by atoms with Gasteiger partial charge in [0.05, 0.1) is 16.6 Å². The number of carbonyl (C=O) groups excluding carboxylic acids is 2. The summed E-state index contributed by atoms with van der Waals surface area (Å²) in [4.78, 5) is 24.8. The lowest BCUT2D eigenvalue weighted by atomic mass is 9.87. The van der Waals surface area contributed by atoms with E-state index in [2.05, 4.69) is 68.8 Å². The van der Waals surface area contributed by atoms with Crippen molar-refractivity contribution in [3.63, 3.8) is 0 Å². The van der Waals surface area contributed by atoms with Crippen molar-refractivity contribution in [1.82, 2.24) is 16.2 Å². The molecule has 2 aromatic carbocycles. The van der Waals surface area contributed by atoms with Crippen molar-refractivity contribution >= 4 is 61.0 Å². The van der Waals surface area contributed by atoms with E-state index in [9.17, 15) is 9.59 Å². The Morgan fingerprint density at radius 1 is 0.971 bits per heavy atom. The number of hydrazine groups is 1. The van der Waals surface area contributed by atoms with Crippen molar-refractivity contribution < 1.29 is 23.8 Å². The molecule has 0 heterocycles. The minimum absolute atomic E-state index is 0.00484. The van der Waals surface area contributed by atoms with Crippen molar-refractivity contribution in [3.05, 3.63) is 56.5 Å². The van der Waals surface area contributed by atoms with Crippen molar-refractivity contribution in [1.29, 1.82) is 0 Å². The number of hydrogen-bond acceptors (Lipinski definition) is 6. The van der Waals surface area contributed by atoms with Gasteiger partial charge in [0.25, 0.3) is 11.8 Å². The number of nitrogens with one attached hydrogen (secondary N) is 3. The maximum atomic E-state index is 12.6. The standard InChI is InChI=1S/C23H27Br2N3O5S/c1-23(2,3)14-5-7-19(17(25)11-14)33-13-20(29)27-28-22(34)26-21(30)16-12-15(24)6-8-18(16)32-10-9-31-4/h5-8,11-12H,9-10,13H2,1-4H3,(H,27,29)(H2,26,28,30,34). The molecule has 0 radical (unpaired) electrons. The highest BCUT2D eigenvalue weighted by molar-refractivity contribution is 9.10. The van der Waals surface area contributed by atoms with E-state index in [1.165, 1.54) is 0 Å². The fraction of sp³-hybridized carbons (Fsp3) is 0.348. The summed E-state index contributed by atoms with van der Waals surface area (Å²) < 4.78 is 17.6. The molecule has 0 fully saturated rings. The van der Waals surface area contributed by atoms with Gasteiger partial charge in [-0.25, -0.2) is 0 Å². The Morgan fingerprint density at radius 2 is 1.68 bits per heavy atom. The third-order valence-corrected chi connectivity index (χ3v) is 5.75. The number of carbonyl (C=O) groups is 2. The molecule has 0 unspecified atom stereocenters. The Balaban J connectivity index is 1.86. The van der Waals surface area contributed by atoms with Crippen LogP contribution in [-0.2, 0) is 14.9 Å². The van der Waals surface area contributed by atoms with Crippen LogP contribution in [0.15, 0.2) is 45.3 Å². The average Bonchev–Trinajstić information content (AvgIpc) is 2.77. The minimum atomic E-state index is -0.500. The Kier molecular flexibility index (Phi) is 10.7. The van der Waals surface area contributed by atoms with Crippen LogP contribution < -0.4 is 25.6 Å². The molecule has 184 valence electrons. The van der Waals surface area contributed by atoms with Crippen molar-refractivity contribution in [2.45, 2.75) is 26.2 Å². The van der Waals surface area contributed by atoms with Gasteiger partial charge < -0.3 is 14.2 Å². The van der Waals surface area contributed by atoms with Crippen LogP contribution in [0.25, 0.3) is 0 Å². The normalized spacial score (nSPS) is 10.9. The maximum Gasteiger partial charge on any atom is 0.276 e. The predicted molar refractivity (Wildman–Crippen MR) is 141 cm³/mol. The molecule has 11 heteroatoms. The molecule has 2 rings (SSSR count). The Morgan fingerprint density at radius 3 is 2.32 bits per heavy atom. The van der Waals surface area contributed by atoms with Gasteiger partial charge in [0.1, 0.15) is 18.1 Å². The van der Waals surface area contributed by atoms with E-state index < -0.39 is 11.8 Å². The number of benzene rings is 2. The van der Waals surface area contributed by atoms with Crippen LogP contribution >= 0.6 is 44.1 Å². The monoisotopic (exact) mass is 615 g/mol. The highest BCUT2D eigenvalue weighted by Gasteiger charge is 2.17. The molecule has 8 nitrogen and oxygen atoms in total. The largest absolute Gasteiger partial charge is 0.490 e. The third-order valence-electron chi connectivity index (χ3n) is 4.43. The quantitative estimate of drug-likeness (QED) is 0.232. The molecule has 34 heavy (non-hydrogen) atoms. The first-order chi connectivity index (χ1) is 16.0. The zero-order chi connectivity index (χ0) is 25.3. The highest BCUT2D eigenvalue weighted by Crippen LogP contribution is 2.31. The summed E-state index contributed by atoms with van der Waals surface area (Å²) in [5.41, 5.74) is 6.28. The minimum Gasteiger partial charge on any atom is -0.490 e. The van der Waals surface area contributed by atoms with Crippen molar-refractivity contribution in [3.8, 4) is 11.5 Å². The van der Waals surface area contributed by atoms with Crippen LogP contribution in [0, 0.1) is 0 Å². The summed E-state index contributed by atoms with van der Waals surface area (Å²) in [7, 11) is 1.56. The molecule has 0 aromatic heterocycles. The molecule has 2 amide bonds. The van der Waals surface area contributed by atoms with Crippen LogP contribution in [-0.4, -0.2) is 43.9 Å². The summed E-state index contributed by atoms with van der Waals surface area (Å²) in [5, 5.41) is 2.41. The smallest absolute Gasteiger partial charge is 0.276 e. The average molecular weight is 617 g/mol. The summed E-state index contributed by atoms with van der Waals surface area (Å²) in [6, 6.07) is 10.7. The number of hydrogen-bond donors (Lipinski definition) is 3. The number of methoxy groups -OCH3 is 1. The van der Waals surface area contributed by atoms with E-state index in [-0.39, 0.29) is 29.3 Å². The Hall–Kier alpha value is -2.21. The van der Waals surface area contributed by atoms with Crippen LogP contribution in [0.3, 0.4) is 0 Å². The first-order valence-corrected chi connectivity index (χ1v) is 12.2. The lowest BCUT2D eigenvalue weighted by Gasteiger charge is -2.20. The lowest BCUT2D eigenvalue weighted by molar-refractivity contribution is -0.123. The molecular weight excluding hydrogens is 590 g/mol. The number of thiocarbonyl (C=S) groups is 1. The molecule has 0 aliphatic rings. The number of ether oxygens (including phenoxy) is 3. The topological polar surface area (TPSA) is 97.9 Å². The molecule has 0 saturated heterocycles. The van der Waals surface area contributed by atoms with Gasteiger partial charge in [0.15, 0.2) is 11.7 Å². The first-order valence-electron chi connectivity index (χ1n) is 10.3. The summed E-state index contributed by atoms with van der Waals surface area (Å²) >= 11 is 11.9. The van der Waals surface area contributed by atoms with E-state index in [4.69, 9.17) is 26.4 Å². The molecule has 0 spiro atoms. The molecule has 3 N–H and O–H groups in total. The summed E-state index contributed by atoms with van der Waals surface area (Å²) in [6.45, 7) is 6.75. The molecular formula is C23H27Br2N3O5S. The fourth-order valence-corrected chi connectivity index (χ4v) is 3.63. The van der Waals surface area contributed by atoms with Gasteiger partial charge in [0.2, 0.25) is 0 Å². The Labute approximate surface area is 221 Å². The molecule has 0 aliphatic heterocycles. The molecule has 0 atom stereocenters. The van der Waals surface area contributed by atoms with E-state index >= 15 is 0 Å². The molecule has 2 aromatic rings. The van der Waals surface area contributed by atoms with Crippen LogP contribution in [0.5, 0.6) is 11.5 Å². The second-order valence-electron chi connectivity index (χ2n) is 8.12. The first kappa shape index (κ1) is 28.0. The third kappa shape index (κ3) is 8.86. The predicted octanol–water partition coefficient (Wildman–Crippen LogP) is 4.25. The second kappa shape index (κ2) is 13.0. The highest BCUT2D eigenvalue weighted by atomic mass is 79.9. The van der Waals surface area contributed by atoms with Crippen LogP contribution in [0.4, 0.5) is 0 Å². The molecule has 0 aliphatic carbocycles. The molecule has 0 bridgehead atoms. The van der Waals surface area contributed by atoms with Crippen molar-refractivity contribution in [2.75, 3.05) is 26.9 Å². The van der Waals surface area contributed by atoms with E-state index in [0.717, 1.165) is 10.0 Å². The van der Waals surface area contributed by atoms with E-state index in [1.54, 1.807) is 31.4 Å². The van der Waals surface area contributed by atoms with Gasteiger partial charge in [-0.15, -0.1) is 0 Å². The number of amides is 2. The van der Waals surface area contributed by atoms with Gasteiger partial charge in [-0.2, -0.15) is 0 Å². The zero-order valence-electron chi connectivity index (χ0n) is 19.3. The van der Waals surface area contributed by atoms with Crippen molar-refractivity contribution in [2.24, 2.45) is 0 Å². The number of halogens is 2. The van der Waals surface area contributed by atoms with E-state index in [0.29, 0.717) is 22.6 Å². The molecule has 0 saturated carbocycles. The van der Waals surface area contributed by atoms with Gasteiger partial charge in [-0.1, -0.05) is 42.8 Å². The van der Waals surface area contributed by atoms with Gasteiger partial charge in [-0.05, 0) is 69.5 Å². The summed E-state index contributed by atoms with van der Waals surface area (Å²) in [5.74, 6) is -0.0650. The maximum absolute atomic E-state index is 12.6. The zero-order valence-corrected chi connectivity index (χ0v) is 23.3. The number of rotatable bonds is 8. The van der Waals surface area contributed by atoms with Crippen LogP contribution in [0.2, 0.25) is 0 Å². The summed E-state index contributed by atoms with van der Waals surface area (Å²) in [6.07, 6.45) is 0. The van der Waals surface area contributed by atoms with Crippen LogP contribution in [0.1, 0.15) is 36.7 Å². The SMILES string of the molecule is COCCOc1ccc(Br)cc1C(=O)NC(=S)NNC(=O)COc1ccc(C(C)(C)C)cc1Br. The second-order valence-corrected chi connectivity index (χ2v) is 10.3. The van der Waals surface area contributed by atoms with Gasteiger partial charge >= 0.3 is 0 Å². The van der Waals surface area contributed by atoms with E-state index in [1.807, 2.05) is 12.1 Å². The van der Waals surface area contributed by atoms with Gasteiger partial charge in [-0.3, -0.25) is 25.8 Å².